The van der Waals surface area contributed by atoms with E-state index < -0.39 is 0 Å². The summed E-state index contributed by atoms with van der Waals surface area (Å²) >= 11 is 0. The van der Waals surface area contributed by atoms with Crippen molar-refractivity contribution >= 4 is 11.7 Å². The second-order valence-corrected chi connectivity index (χ2v) is 5.82. The number of nitrogens with one attached hydrogen (secondary N) is 1. The maximum absolute atomic E-state index is 12.7. The first-order chi connectivity index (χ1) is 11.3. The van der Waals surface area contributed by atoms with Crippen LogP contribution in [0.1, 0.15) is 32.1 Å². The molecule has 0 atom stereocenters. The van der Waals surface area contributed by atoms with E-state index in [-0.39, 0.29) is 12.1 Å². The third-order valence-electron chi connectivity index (χ3n) is 4.05. The summed E-state index contributed by atoms with van der Waals surface area (Å²) in [6.07, 6.45) is 5.69. The normalized spacial score (nSPS) is 15.0. The third-order valence-corrected chi connectivity index (χ3v) is 4.05. The molecule has 4 nitrogen and oxygen atoms in total. The van der Waals surface area contributed by atoms with Gasteiger partial charge in [-0.25, -0.2) is 4.79 Å². The van der Waals surface area contributed by atoms with Crippen LogP contribution < -0.4 is 15.2 Å². The Labute approximate surface area is 137 Å². The first-order valence-electron chi connectivity index (χ1n) is 8.21. The molecule has 1 aliphatic rings. The highest BCUT2D eigenvalue weighted by Gasteiger charge is 2.22. The lowest BCUT2D eigenvalue weighted by Gasteiger charge is -2.27. The molecule has 2 aromatic rings. The summed E-state index contributed by atoms with van der Waals surface area (Å²) in [7, 11) is 0. The lowest BCUT2D eigenvalue weighted by atomic mass is 9.96. The van der Waals surface area contributed by atoms with Crippen molar-refractivity contribution in [1.82, 2.24) is 5.32 Å². The Hall–Kier alpha value is -2.49. The van der Waals surface area contributed by atoms with Crippen LogP contribution >= 0.6 is 0 Å². The van der Waals surface area contributed by atoms with Crippen LogP contribution in [-0.4, -0.2) is 12.1 Å². The van der Waals surface area contributed by atoms with Gasteiger partial charge in [0.15, 0.2) is 5.75 Å². The summed E-state index contributed by atoms with van der Waals surface area (Å²) < 4.78 is 0. The van der Waals surface area contributed by atoms with E-state index in [0.29, 0.717) is 11.4 Å². The van der Waals surface area contributed by atoms with Gasteiger partial charge in [0, 0.05) is 6.04 Å². The number of urea groups is 1. The van der Waals surface area contributed by atoms with E-state index in [1.165, 1.54) is 24.3 Å². The number of hydrogen-bond acceptors (Lipinski definition) is 2. The monoisotopic (exact) mass is 310 g/mol. The molecule has 2 amide bonds. The fourth-order valence-electron chi connectivity index (χ4n) is 2.84. The van der Waals surface area contributed by atoms with Gasteiger partial charge in [0.2, 0.25) is 0 Å². The minimum atomic E-state index is -0.216. The molecule has 0 spiro atoms. The fraction of sp³-hybridized carbons (Fsp3) is 0.316. The Morgan fingerprint density at radius 2 is 1.52 bits per heavy atom. The molecule has 1 saturated carbocycles. The zero-order valence-corrected chi connectivity index (χ0v) is 13.2. The SMILES string of the molecule is O=C(NC1CCCCC1)N(Oc1ccccc1)c1ccccc1. The van der Waals surface area contributed by atoms with Crippen LogP contribution in [-0.2, 0) is 0 Å². The highest BCUT2D eigenvalue weighted by Crippen LogP contribution is 2.21. The number of benzene rings is 2. The fourth-order valence-corrected chi connectivity index (χ4v) is 2.84. The van der Waals surface area contributed by atoms with Crippen molar-refractivity contribution in [1.29, 1.82) is 0 Å². The van der Waals surface area contributed by atoms with E-state index >= 15 is 0 Å². The van der Waals surface area contributed by atoms with Gasteiger partial charge in [-0.3, -0.25) is 0 Å². The average Bonchev–Trinajstić information content (AvgIpc) is 2.62. The summed E-state index contributed by atoms with van der Waals surface area (Å²) in [6.45, 7) is 0. The molecule has 4 heteroatoms. The summed E-state index contributed by atoms with van der Waals surface area (Å²) in [5.41, 5.74) is 0.713. The van der Waals surface area contributed by atoms with Crippen LogP contribution in [0.5, 0.6) is 5.75 Å². The number of hydroxylamine groups is 1. The van der Waals surface area contributed by atoms with E-state index in [1.807, 2.05) is 60.7 Å². The number of amides is 2. The molecule has 1 fully saturated rings. The maximum Gasteiger partial charge on any atom is 0.355 e. The molecule has 0 heterocycles. The Morgan fingerprint density at radius 1 is 0.913 bits per heavy atom. The van der Waals surface area contributed by atoms with Gasteiger partial charge < -0.3 is 10.2 Å². The predicted molar refractivity (Wildman–Crippen MR) is 91.4 cm³/mol. The predicted octanol–water partition coefficient (Wildman–Crippen LogP) is 4.53. The zero-order chi connectivity index (χ0) is 15.9. The Bertz CT molecular complexity index is 610. The van der Waals surface area contributed by atoms with Gasteiger partial charge in [-0.05, 0) is 37.1 Å². The van der Waals surface area contributed by atoms with Crippen LogP contribution in [0.4, 0.5) is 10.5 Å². The quantitative estimate of drug-likeness (QED) is 0.843. The van der Waals surface area contributed by atoms with Gasteiger partial charge in [0.1, 0.15) is 0 Å². The van der Waals surface area contributed by atoms with Crippen molar-refractivity contribution in [3.05, 3.63) is 60.7 Å². The zero-order valence-electron chi connectivity index (χ0n) is 13.2. The van der Waals surface area contributed by atoms with Gasteiger partial charge in [0.25, 0.3) is 0 Å². The Kier molecular flexibility index (Phi) is 5.14. The number of hydrogen-bond donors (Lipinski definition) is 1. The largest absolute Gasteiger partial charge is 0.370 e. The molecule has 1 N–H and O–H groups in total. The summed E-state index contributed by atoms with van der Waals surface area (Å²) in [5, 5.41) is 4.44. The molecule has 1 aliphatic carbocycles. The second-order valence-electron chi connectivity index (χ2n) is 5.82. The van der Waals surface area contributed by atoms with Gasteiger partial charge in [-0.15, -0.1) is 5.06 Å². The molecule has 0 bridgehead atoms. The van der Waals surface area contributed by atoms with Crippen LogP contribution in [0.15, 0.2) is 60.7 Å². The second kappa shape index (κ2) is 7.68. The van der Waals surface area contributed by atoms with E-state index in [0.717, 1.165) is 12.8 Å². The smallest absolute Gasteiger partial charge is 0.355 e. The van der Waals surface area contributed by atoms with E-state index in [9.17, 15) is 4.79 Å². The van der Waals surface area contributed by atoms with Crippen molar-refractivity contribution in [2.45, 2.75) is 38.1 Å². The maximum atomic E-state index is 12.7. The number of anilines is 1. The standard InChI is InChI=1S/C19H22N2O2/c22-19(20-16-10-4-1-5-11-16)21(17-12-6-2-7-13-17)23-18-14-8-3-9-15-18/h2-3,6-9,12-16H,1,4-5,10-11H2,(H,20,22). The molecule has 23 heavy (non-hydrogen) atoms. The minimum Gasteiger partial charge on any atom is -0.370 e. The third kappa shape index (κ3) is 4.25. The number of carbonyl (C=O) groups is 1. The van der Waals surface area contributed by atoms with Crippen LogP contribution in [0.2, 0.25) is 0 Å². The van der Waals surface area contributed by atoms with E-state index in [2.05, 4.69) is 5.32 Å². The van der Waals surface area contributed by atoms with E-state index in [4.69, 9.17) is 4.84 Å². The van der Waals surface area contributed by atoms with Crippen molar-refractivity contribution in [2.75, 3.05) is 5.06 Å². The van der Waals surface area contributed by atoms with Gasteiger partial charge in [0.05, 0.1) is 5.69 Å². The molecule has 0 aliphatic heterocycles. The average molecular weight is 310 g/mol. The minimum absolute atomic E-state index is 0.216. The number of rotatable bonds is 4. The summed E-state index contributed by atoms with van der Waals surface area (Å²) in [6, 6.07) is 18.8. The van der Waals surface area contributed by atoms with E-state index in [1.54, 1.807) is 0 Å². The Balaban J connectivity index is 1.75. The molecule has 3 rings (SSSR count). The highest BCUT2D eigenvalue weighted by molar-refractivity contribution is 5.90. The van der Waals surface area contributed by atoms with Gasteiger partial charge in [-0.2, -0.15) is 0 Å². The lowest BCUT2D eigenvalue weighted by molar-refractivity contribution is 0.206. The van der Waals surface area contributed by atoms with Gasteiger partial charge in [-0.1, -0.05) is 55.7 Å². The van der Waals surface area contributed by atoms with Gasteiger partial charge >= 0.3 is 6.03 Å². The van der Waals surface area contributed by atoms with Crippen LogP contribution in [0, 0.1) is 0 Å². The molecular weight excluding hydrogens is 288 g/mol. The number of carbonyl (C=O) groups excluding carboxylic acids is 1. The van der Waals surface area contributed by atoms with Crippen molar-refractivity contribution in [3.8, 4) is 5.75 Å². The number of nitrogens with zero attached hydrogens (tertiary/aromatic N) is 1. The van der Waals surface area contributed by atoms with Crippen LogP contribution in [0.25, 0.3) is 0 Å². The first-order valence-corrected chi connectivity index (χ1v) is 8.21. The van der Waals surface area contributed by atoms with Crippen molar-refractivity contribution < 1.29 is 9.63 Å². The molecule has 120 valence electrons. The topological polar surface area (TPSA) is 41.6 Å². The molecule has 0 aromatic heterocycles. The highest BCUT2D eigenvalue weighted by atomic mass is 16.7. The number of para-hydroxylation sites is 2. The first kappa shape index (κ1) is 15.4. The van der Waals surface area contributed by atoms with Crippen molar-refractivity contribution in [2.24, 2.45) is 0 Å². The summed E-state index contributed by atoms with van der Waals surface area (Å²) in [5.74, 6) is 0.634. The molecule has 2 aromatic carbocycles. The lowest BCUT2D eigenvalue weighted by Crippen LogP contribution is -2.47. The summed E-state index contributed by atoms with van der Waals surface area (Å²) in [4.78, 5) is 18.5. The molecule has 0 saturated heterocycles. The van der Waals surface area contributed by atoms with Crippen LogP contribution in [0.3, 0.4) is 0 Å². The molecule has 0 unspecified atom stereocenters. The molecule has 0 radical (unpaired) electrons. The molecular formula is C19H22N2O2. The van der Waals surface area contributed by atoms with Crippen molar-refractivity contribution in [3.63, 3.8) is 0 Å². The Morgan fingerprint density at radius 3 is 2.17 bits per heavy atom.